The average Bonchev–Trinajstić information content (AvgIpc) is 2.76. The molecule has 0 saturated heterocycles. The molecule has 0 aromatic heterocycles. The minimum absolute atomic E-state index is 0.0156. The van der Waals surface area contributed by atoms with Crippen molar-refractivity contribution in [3.63, 3.8) is 0 Å². The number of nitrogens with zero attached hydrogens (tertiary/aromatic N) is 2. The van der Waals surface area contributed by atoms with Crippen molar-refractivity contribution in [2.24, 2.45) is 10.2 Å². The summed E-state index contributed by atoms with van der Waals surface area (Å²) >= 11 is 0. The van der Waals surface area contributed by atoms with E-state index in [2.05, 4.69) is 18.6 Å². The number of hydrogen-bond donors (Lipinski definition) is 4. The zero-order valence-corrected chi connectivity index (χ0v) is 20.4. The van der Waals surface area contributed by atoms with E-state index in [0.717, 1.165) is 24.3 Å². The van der Waals surface area contributed by atoms with Gasteiger partial charge in [-0.1, -0.05) is 24.3 Å². The molecule has 0 atom stereocenters. The lowest BCUT2D eigenvalue weighted by Crippen LogP contribution is -2.07. The van der Waals surface area contributed by atoms with E-state index in [9.17, 15) is 34.9 Å². The highest BCUT2D eigenvalue weighted by molar-refractivity contribution is 7.86. The molecular formula is C20H14N2O12S3. The van der Waals surface area contributed by atoms with E-state index in [1.165, 1.54) is 30.3 Å². The van der Waals surface area contributed by atoms with Gasteiger partial charge < -0.3 is 13.5 Å². The topological polar surface area (TPSA) is 227 Å². The van der Waals surface area contributed by atoms with E-state index in [1.54, 1.807) is 6.07 Å². The highest BCUT2D eigenvalue weighted by Gasteiger charge is 2.20. The first-order chi connectivity index (χ1) is 17.1. The molecule has 37 heavy (non-hydrogen) atoms. The zero-order chi connectivity index (χ0) is 27.2. The summed E-state index contributed by atoms with van der Waals surface area (Å²) in [6.07, 6.45) is 0. The second kappa shape index (κ2) is 9.21. The monoisotopic (exact) mass is 570 g/mol. The largest absolute Gasteiger partial charge is 0.503 e. The van der Waals surface area contributed by atoms with Gasteiger partial charge in [0.2, 0.25) is 0 Å². The second-order valence-corrected chi connectivity index (χ2v) is 10.7. The highest BCUT2D eigenvalue weighted by Crippen LogP contribution is 2.45. The molecule has 0 aliphatic carbocycles. The van der Waals surface area contributed by atoms with Crippen molar-refractivity contribution in [2.75, 3.05) is 0 Å². The third-order valence-electron chi connectivity index (χ3n) is 4.82. The predicted molar refractivity (Wildman–Crippen MR) is 128 cm³/mol. The Morgan fingerprint density at radius 3 is 1.95 bits per heavy atom. The van der Waals surface area contributed by atoms with E-state index in [0.29, 0.717) is 0 Å². The van der Waals surface area contributed by atoms with Gasteiger partial charge in [-0.25, -0.2) is 0 Å². The fourth-order valence-corrected chi connectivity index (χ4v) is 4.85. The lowest BCUT2D eigenvalue weighted by Gasteiger charge is -2.11. The molecule has 0 amide bonds. The maximum absolute atomic E-state index is 11.7. The zero-order valence-electron chi connectivity index (χ0n) is 17.9. The summed E-state index contributed by atoms with van der Waals surface area (Å²) in [7, 11) is -14.6. The molecule has 0 spiro atoms. The highest BCUT2D eigenvalue weighted by atomic mass is 32.3. The van der Waals surface area contributed by atoms with Crippen LogP contribution in [0.3, 0.4) is 0 Å². The molecule has 0 bridgehead atoms. The Balaban J connectivity index is 1.93. The number of benzene rings is 4. The summed E-state index contributed by atoms with van der Waals surface area (Å²) in [4.78, 5) is -0.384. The van der Waals surface area contributed by atoms with Crippen LogP contribution in [0.25, 0.3) is 21.5 Å². The fraction of sp³-hybridized carbons (Fsp3) is 0. The van der Waals surface area contributed by atoms with Gasteiger partial charge in [0.1, 0.15) is 16.3 Å². The Labute approximate surface area is 209 Å². The normalized spacial score (nSPS) is 12.8. The van der Waals surface area contributed by atoms with Crippen molar-refractivity contribution < 1.29 is 52.4 Å². The lowest BCUT2D eigenvalue weighted by molar-refractivity contribution is 0.371. The minimum atomic E-state index is -5.12. The van der Waals surface area contributed by atoms with Crippen LogP contribution in [-0.4, -0.2) is 44.0 Å². The third kappa shape index (κ3) is 5.93. The van der Waals surface area contributed by atoms with Crippen molar-refractivity contribution in [3.8, 4) is 17.2 Å². The van der Waals surface area contributed by atoms with Gasteiger partial charge in [0, 0.05) is 16.2 Å². The first-order valence-corrected chi connectivity index (χ1v) is 13.8. The first kappa shape index (κ1) is 26.2. The number of phenolic OH excluding ortho intramolecular Hbond substituents is 1. The van der Waals surface area contributed by atoms with Crippen LogP contribution in [0.1, 0.15) is 0 Å². The van der Waals surface area contributed by atoms with E-state index < -0.39 is 53.9 Å². The molecule has 0 saturated carbocycles. The second-order valence-electron chi connectivity index (χ2n) is 7.28. The van der Waals surface area contributed by atoms with Crippen LogP contribution in [-0.2, 0) is 30.9 Å². The van der Waals surface area contributed by atoms with E-state index in [-0.39, 0.29) is 32.1 Å². The average molecular weight is 571 g/mol. The van der Waals surface area contributed by atoms with E-state index >= 15 is 0 Å². The standard InChI is InChI=1S/C20H14N2O12S3/c23-20-17(34-37(30,31)32)10-11-9-12(33-36(27,28)29)5-6-13(11)19(20)22-21-16-7-8-18(35(24,25)26)15-4-2-1-3-14(15)16/h1-10,23H,(H,24,25,26)(H,27,28,29)(H,30,31,32). The summed E-state index contributed by atoms with van der Waals surface area (Å²) in [6, 6.07) is 12.6. The van der Waals surface area contributed by atoms with Crippen molar-refractivity contribution in [1.29, 1.82) is 0 Å². The van der Waals surface area contributed by atoms with Crippen LogP contribution in [0.4, 0.5) is 11.4 Å². The molecule has 0 aliphatic rings. The van der Waals surface area contributed by atoms with Gasteiger partial charge in [-0.15, -0.1) is 10.2 Å². The molecule has 17 heteroatoms. The molecule has 4 aromatic rings. The molecule has 4 aromatic carbocycles. The Bertz CT molecular complexity index is 1920. The first-order valence-electron chi connectivity index (χ1n) is 9.67. The number of hydrogen-bond acceptors (Lipinski definition) is 11. The van der Waals surface area contributed by atoms with Gasteiger partial charge >= 0.3 is 20.8 Å². The summed E-state index contributed by atoms with van der Waals surface area (Å²) in [5.74, 6) is -2.08. The van der Waals surface area contributed by atoms with Gasteiger partial charge in [0.05, 0.1) is 5.69 Å². The van der Waals surface area contributed by atoms with Gasteiger partial charge in [-0.05, 0) is 41.8 Å². The minimum Gasteiger partial charge on any atom is -0.503 e. The van der Waals surface area contributed by atoms with Crippen LogP contribution in [0, 0.1) is 0 Å². The smallest absolute Gasteiger partial charge is 0.446 e. The molecule has 0 aliphatic heterocycles. The number of rotatable bonds is 7. The molecule has 194 valence electrons. The van der Waals surface area contributed by atoms with Gasteiger partial charge in [-0.3, -0.25) is 13.7 Å². The van der Waals surface area contributed by atoms with Crippen molar-refractivity contribution in [2.45, 2.75) is 4.90 Å². The lowest BCUT2D eigenvalue weighted by atomic mass is 10.1. The predicted octanol–water partition coefficient (Wildman–Crippen LogP) is 3.72. The van der Waals surface area contributed by atoms with Crippen LogP contribution < -0.4 is 8.37 Å². The number of azo groups is 1. The molecular weight excluding hydrogens is 556 g/mol. The number of aromatic hydroxyl groups is 1. The Hall–Kier alpha value is -3.87. The fourth-order valence-electron chi connectivity index (χ4n) is 3.45. The van der Waals surface area contributed by atoms with E-state index in [4.69, 9.17) is 9.11 Å². The molecule has 0 unspecified atom stereocenters. The molecule has 4 N–H and O–H groups in total. The van der Waals surface area contributed by atoms with Crippen LogP contribution in [0.5, 0.6) is 17.2 Å². The molecule has 0 fully saturated rings. The quantitative estimate of drug-likeness (QED) is 0.184. The Morgan fingerprint density at radius 1 is 0.676 bits per heavy atom. The van der Waals surface area contributed by atoms with Gasteiger partial charge in [0.25, 0.3) is 10.1 Å². The maximum Gasteiger partial charge on any atom is 0.446 e. The Morgan fingerprint density at radius 2 is 1.32 bits per heavy atom. The number of phenols is 1. The van der Waals surface area contributed by atoms with E-state index in [1.807, 2.05) is 0 Å². The SMILES string of the molecule is O=S(=O)(O)Oc1ccc2c(N=Nc3ccc(S(=O)(=O)O)c4ccccc34)c(O)c(OS(=O)(=O)O)cc2c1. The van der Waals surface area contributed by atoms with Gasteiger partial charge in [-0.2, -0.15) is 25.3 Å². The summed E-state index contributed by atoms with van der Waals surface area (Å²) < 4.78 is 104. The molecule has 4 rings (SSSR count). The molecule has 0 radical (unpaired) electrons. The summed E-state index contributed by atoms with van der Waals surface area (Å²) in [5.41, 5.74) is -0.305. The molecule has 14 nitrogen and oxygen atoms in total. The Kier molecular flexibility index (Phi) is 6.52. The summed E-state index contributed by atoms with van der Waals surface area (Å²) in [6.45, 7) is 0. The maximum atomic E-state index is 11.7. The van der Waals surface area contributed by atoms with Crippen LogP contribution in [0.2, 0.25) is 0 Å². The third-order valence-corrected chi connectivity index (χ3v) is 6.52. The summed E-state index contributed by atoms with van der Waals surface area (Å²) in [5, 5.41) is 19.0. The van der Waals surface area contributed by atoms with Crippen molar-refractivity contribution >= 4 is 63.8 Å². The van der Waals surface area contributed by atoms with Crippen molar-refractivity contribution in [1.82, 2.24) is 0 Å². The number of fused-ring (bicyclic) bond motifs is 2. The molecule has 0 heterocycles. The van der Waals surface area contributed by atoms with Crippen molar-refractivity contribution in [3.05, 3.63) is 60.7 Å². The van der Waals surface area contributed by atoms with Crippen LogP contribution in [0.15, 0.2) is 75.8 Å². The van der Waals surface area contributed by atoms with Gasteiger partial charge in [0.15, 0.2) is 11.5 Å². The van der Waals surface area contributed by atoms with Crippen LogP contribution >= 0.6 is 0 Å².